The van der Waals surface area contributed by atoms with Crippen molar-refractivity contribution < 1.29 is 23.1 Å². The Morgan fingerprint density at radius 2 is 1.93 bits per heavy atom. The molecule has 0 aromatic carbocycles. The maximum Gasteiger partial charge on any atom is 0.354 e. The van der Waals surface area contributed by atoms with E-state index in [2.05, 4.69) is 4.98 Å². The molecule has 0 radical (unpaired) electrons. The quantitative estimate of drug-likeness (QED) is 0.763. The predicted molar refractivity (Wildman–Crippen MR) is 50.4 cm³/mol. The van der Waals surface area contributed by atoms with Crippen LogP contribution in [0.1, 0.15) is 20.8 Å². The van der Waals surface area contributed by atoms with Gasteiger partial charge in [-0.15, -0.1) is 0 Å². The van der Waals surface area contributed by atoms with Crippen LogP contribution in [0.15, 0.2) is 18.3 Å². The van der Waals surface area contributed by atoms with E-state index >= 15 is 0 Å². The molecule has 7 heteroatoms. The van der Waals surface area contributed by atoms with Crippen molar-refractivity contribution in [2.24, 2.45) is 0 Å². The molecule has 1 aromatic rings. The topological polar surface area (TPSA) is 101 Å². The second kappa shape index (κ2) is 3.77. The van der Waals surface area contributed by atoms with Gasteiger partial charge in [-0.1, -0.05) is 0 Å². The summed E-state index contributed by atoms with van der Waals surface area (Å²) in [6, 6.07) is 2.18. The van der Waals surface area contributed by atoms with Crippen LogP contribution in [0.3, 0.4) is 0 Å². The highest BCUT2D eigenvalue weighted by molar-refractivity contribution is 8.06. The minimum atomic E-state index is -3.82. The fraction of sp³-hybridized carbons (Fsp3) is 0.125. The lowest BCUT2D eigenvalue weighted by Crippen LogP contribution is -2.13. The molecule has 1 N–H and O–H groups in total. The highest BCUT2D eigenvalue weighted by atomic mass is 32.2. The molecular formula is C8H7NO5S. The maximum atomic E-state index is 11.2. The molecule has 0 aliphatic heterocycles. The summed E-state index contributed by atoms with van der Waals surface area (Å²) in [7, 11) is -3.82. The van der Waals surface area contributed by atoms with Gasteiger partial charge in [0.05, 0.1) is 5.56 Å². The van der Waals surface area contributed by atoms with Gasteiger partial charge < -0.3 is 5.11 Å². The molecule has 0 saturated carbocycles. The first kappa shape index (κ1) is 11.3. The summed E-state index contributed by atoms with van der Waals surface area (Å²) in [4.78, 5) is 25.0. The van der Waals surface area contributed by atoms with Crippen molar-refractivity contribution in [3.05, 3.63) is 29.6 Å². The fourth-order valence-corrected chi connectivity index (χ4v) is 1.40. The van der Waals surface area contributed by atoms with Gasteiger partial charge in [0, 0.05) is 12.5 Å². The number of pyridine rings is 1. The Hall–Kier alpha value is -1.76. The number of nitrogens with zero attached hydrogens (tertiary/aromatic N) is 1. The first-order valence-corrected chi connectivity index (χ1v) is 5.65. The summed E-state index contributed by atoms with van der Waals surface area (Å²) in [5.74, 6) is -1.24. The number of carbonyl (C=O) groups is 2. The molecule has 1 heterocycles. The summed E-state index contributed by atoms with van der Waals surface area (Å²) in [5, 5.41) is 7.43. The van der Waals surface area contributed by atoms with Crippen molar-refractivity contribution in [2.75, 3.05) is 6.26 Å². The minimum Gasteiger partial charge on any atom is -0.477 e. The van der Waals surface area contributed by atoms with E-state index in [9.17, 15) is 18.0 Å². The lowest BCUT2D eigenvalue weighted by atomic mass is 10.3. The molecule has 0 atom stereocenters. The molecule has 0 aliphatic carbocycles. The van der Waals surface area contributed by atoms with Crippen LogP contribution in [0.4, 0.5) is 0 Å². The van der Waals surface area contributed by atoms with Crippen LogP contribution in [0, 0.1) is 0 Å². The molecule has 1 rings (SSSR count). The molecular weight excluding hydrogens is 222 g/mol. The third-order valence-electron chi connectivity index (χ3n) is 1.56. The minimum absolute atomic E-state index is 0.150. The van der Waals surface area contributed by atoms with E-state index in [1.54, 1.807) is 0 Å². The summed E-state index contributed by atoms with van der Waals surface area (Å²) in [5.41, 5.74) is -0.400. The number of carbonyl (C=O) groups excluding carboxylic acids is 1. The molecule has 0 unspecified atom stereocenters. The number of rotatable bonds is 2. The molecule has 80 valence electrons. The molecule has 0 bridgehead atoms. The van der Waals surface area contributed by atoms with Gasteiger partial charge >= 0.3 is 5.97 Å². The zero-order chi connectivity index (χ0) is 11.6. The van der Waals surface area contributed by atoms with Gasteiger partial charge in [0.25, 0.3) is 5.12 Å². The van der Waals surface area contributed by atoms with E-state index in [1.165, 1.54) is 0 Å². The van der Waals surface area contributed by atoms with Gasteiger partial charge in [0.15, 0.2) is 0 Å². The SMILES string of the molecule is CS(=O)(=O)C(=O)c1ccc(C(=O)O)nc1. The Kier molecular flexibility index (Phi) is 2.85. The van der Waals surface area contributed by atoms with Crippen LogP contribution in [-0.2, 0) is 9.84 Å². The highest BCUT2D eigenvalue weighted by Crippen LogP contribution is 2.05. The van der Waals surface area contributed by atoms with Gasteiger partial charge in [-0.25, -0.2) is 18.2 Å². The standard InChI is InChI=1S/C8H7NO5S/c1-15(13,14)8(12)5-2-3-6(7(10)11)9-4-5/h2-4H,1H3,(H,10,11). The van der Waals surface area contributed by atoms with E-state index < -0.39 is 20.9 Å². The zero-order valence-electron chi connectivity index (χ0n) is 7.67. The van der Waals surface area contributed by atoms with Crippen molar-refractivity contribution in [3.63, 3.8) is 0 Å². The second-order valence-electron chi connectivity index (χ2n) is 2.80. The molecule has 1 aromatic heterocycles. The second-order valence-corrected chi connectivity index (χ2v) is 4.71. The molecule has 6 nitrogen and oxygen atoms in total. The van der Waals surface area contributed by atoms with Crippen LogP contribution in [-0.4, -0.2) is 35.8 Å². The van der Waals surface area contributed by atoms with Crippen LogP contribution in [0.5, 0.6) is 0 Å². The van der Waals surface area contributed by atoms with E-state index in [0.29, 0.717) is 0 Å². The first-order chi connectivity index (χ1) is 6.82. The molecule has 15 heavy (non-hydrogen) atoms. The van der Waals surface area contributed by atoms with E-state index in [0.717, 1.165) is 24.6 Å². The van der Waals surface area contributed by atoms with Crippen molar-refractivity contribution >= 4 is 20.9 Å². The van der Waals surface area contributed by atoms with E-state index in [4.69, 9.17) is 5.11 Å². The third-order valence-corrected chi connectivity index (χ3v) is 2.46. The summed E-state index contributed by atoms with van der Waals surface area (Å²) in [6.45, 7) is 0. The van der Waals surface area contributed by atoms with E-state index in [-0.39, 0.29) is 11.3 Å². The summed E-state index contributed by atoms with van der Waals surface area (Å²) in [6.07, 6.45) is 1.70. The van der Waals surface area contributed by atoms with E-state index in [1.807, 2.05) is 0 Å². The Morgan fingerprint density at radius 1 is 1.33 bits per heavy atom. The maximum absolute atomic E-state index is 11.2. The molecule has 0 aliphatic rings. The number of aromatic carboxylic acids is 1. The number of carboxylic acids is 1. The normalized spacial score (nSPS) is 11.0. The molecule has 0 saturated heterocycles. The number of hydrogen-bond acceptors (Lipinski definition) is 5. The lowest BCUT2D eigenvalue weighted by molar-refractivity contribution is 0.0690. The molecule has 0 amide bonds. The van der Waals surface area contributed by atoms with Gasteiger partial charge in [-0.3, -0.25) is 4.79 Å². The lowest BCUT2D eigenvalue weighted by Gasteiger charge is -1.98. The van der Waals surface area contributed by atoms with Crippen molar-refractivity contribution in [3.8, 4) is 0 Å². The summed E-state index contributed by atoms with van der Waals surface area (Å²) >= 11 is 0. The molecule has 0 spiro atoms. The Morgan fingerprint density at radius 3 is 2.27 bits per heavy atom. The van der Waals surface area contributed by atoms with Gasteiger partial charge in [-0.2, -0.15) is 0 Å². The average Bonchev–Trinajstić information content (AvgIpc) is 2.15. The average molecular weight is 229 g/mol. The zero-order valence-corrected chi connectivity index (χ0v) is 8.48. The third kappa shape index (κ3) is 2.59. The van der Waals surface area contributed by atoms with Crippen LogP contribution < -0.4 is 0 Å². The van der Waals surface area contributed by atoms with Crippen molar-refractivity contribution in [2.45, 2.75) is 0 Å². The van der Waals surface area contributed by atoms with Crippen LogP contribution in [0.25, 0.3) is 0 Å². The molecule has 0 fully saturated rings. The van der Waals surface area contributed by atoms with Crippen LogP contribution >= 0.6 is 0 Å². The predicted octanol–water partition coefficient (Wildman–Crippen LogP) is -0.0354. The van der Waals surface area contributed by atoms with Gasteiger partial charge in [0.1, 0.15) is 5.69 Å². The smallest absolute Gasteiger partial charge is 0.354 e. The summed E-state index contributed by atoms with van der Waals surface area (Å²) < 4.78 is 21.7. The number of hydrogen-bond donors (Lipinski definition) is 1. The Balaban J connectivity index is 3.11. The fourth-order valence-electron chi connectivity index (χ4n) is 0.855. The van der Waals surface area contributed by atoms with Gasteiger partial charge in [-0.05, 0) is 12.1 Å². The van der Waals surface area contributed by atoms with Gasteiger partial charge in [0.2, 0.25) is 9.84 Å². The number of aromatic nitrogens is 1. The number of sulfone groups is 1. The van der Waals surface area contributed by atoms with Crippen LogP contribution in [0.2, 0.25) is 0 Å². The monoisotopic (exact) mass is 229 g/mol. The Bertz CT molecular complexity index is 502. The largest absolute Gasteiger partial charge is 0.477 e. The number of carboxylic acid groups (broad SMARTS) is 1. The van der Waals surface area contributed by atoms with Crippen molar-refractivity contribution in [1.82, 2.24) is 4.98 Å². The first-order valence-electron chi connectivity index (χ1n) is 3.76. The van der Waals surface area contributed by atoms with Crippen molar-refractivity contribution in [1.29, 1.82) is 0 Å². The Labute approximate surface area is 85.5 Å². The highest BCUT2D eigenvalue weighted by Gasteiger charge is 2.18.